The van der Waals surface area contributed by atoms with Crippen LogP contribution >= 0.6 is 11.6 Å². The minimum Gasteiger partial charge on any atom is -0.544 e. The highest BCUT2D eigenvalue weighted by Gasteiger charge is 2.18. The molecule has 6 nitrogen and oxygen atoms in total. The molecule has 0 spiro atoms. The normalized spacial score (nSPS) is 11.6. The quantitative estimate of drug-likeness (QED) is 0.564. The number of benzene rings is 2. The van der Waals surface area contributed by atoms with E-state index in [2.05, 4.69) is 10.6 Å². The molecule has 2 aromatic carbocycles. The Morgan fingerprint density at radius 2 is 1.88 bits per heavy atom. The number of carboxylic acid groups (broad SMARTS) is 1. The number of amides is 1. The summed E-state index contributed by atoms with van der Waals surface area (Å²) in [7, 11) is 0. The molecule has 0 unspecified atom stereocenters. The van der Waals surface area contributed by atoms with Crippen LogP contribution in [0.25, 0.3) is 0 Å². The molecule has 0 aliphatic carbocycles. The lowest BCUT2D eigenvalue weighted by molar-refractivity contribution is -0.680. The van der Waals surface area contributed by atoms with Crippen LogP contribution in [0.1, 0.15) is 12.0 Å². The lowest BCUT2D eigenvalue weighted by atomic mass is 10.2. The molecule has 7 heteroatoms. The molecule has 1 atom stereocenters. The van der Waals surface area contributed by atoms with E-state index in [1.165, 1.54) is 0 Å². The van der Waals surface area contributed by atoms with E-state index in [9.17, 15) is 14.7 Å². The largest absolute Gasteiger partial charge is 0.544 e. The van der Waals surface area contributed by atoms with Gasteiger partial charge in [-0.3, -0.25) is 4.79 Å². The fraction of sp³-hybridized carbons (Fsp3) is 0.263. The summed E-state index contributed by atoms with van der Waals surface area (Å²) in [5, 5.41) is 19.2. The molecule has 0 aromatic heterocycles. The molecule has 0 aliphatic rings. The van der Waals surface area contributed by atoms with Gasteiger partial charge in [-0.05, 0) is 42.8 Å². The molecular formula is C19H22ClN3O3. The van der Waals surface area contributed by atoms with Crippen molar-refractivity contribution >= 4 is 34.9 Å². The Balaban J connectivity index is 1.78. The van der Waals surface area contributed by atoms with Gasteiger partial charge in [0.25, 0.3) is 0 Å². The molecular weight excluding hydrogens is 354 g/mol. The van der Waals surface area contributed by atoms with Crippen molar-refractivity contribution < 1.29 is 20.0 Å². The van der Waals surface area contributed by atoms with Gasteiger partial charge in [0.2, 0.25) is 5.91 Å². The van der Waals surface area contributed by atoms with Crippen LogP contribution in [0.2, 0.25) is 5.02 Å². The highest BCUT2D eigenvalue weighted by atomic mass is 35.5. The number of hydrogen-bond acceptors (Lipinski definition) is 4. The molecule has 0 aliphatic heterocycles. The van der Waals surface area contributed by atoms with Gasteiger partial charge >= 0.3 is 0 Å². The summed E-state index contributed by atoms with van der Waals surface area (Å²) < 4.78 is 0. The molecule has 2 rings (SSSR count). The van der Waals surface area contributed by atoms with Crippen molar-refractivity contribution in [3.63, 3.8) is 0 Å². The smallest absolute Gasteiger partial charge is 0.230 e. The van der Waals surface area contributed by atoms with Crippen LogP contribution in [-0.2, 0) is 9.59 Å². The van der Waals surface area contributed by atoms with Gasteiger partial charge in [0.15, 0.2) is 0 Å². The second-order valence-electron chi connectivity index (χ2n) is 6.01. The number of quaternary nitrogens is 1. The number of aryl methyl sites for hydroxylation is 1. The van der Waals surface area contributed by atoms with Crippen LogP contribution in [0, 0.1) is 6.92 Å². The van der Waals surface area contributed by atoms with Crippen molar-refractivity contribution in [2.75, 3.05) is 23.7 Å². The average molecular weight is 376 g/mol. The topological polar surface area (TPSA) is 97.9 Å². The van der Waals surface area contributed by atoms with Gasteiger partial charge in [0, 0.05) is 16.4 Å². The summed E-state index contributed by atoms with van der Waals surface area (Å²) in [6.45, 7) is 3.07. The number of hydrogen-bond donors (Lipinski definition) is 3. The molecule has 0 heterocycles. The number of rotatable bonds is 9. The van der Waals surface area contributed by atoms with Gasteiger partial charge < -0.3 is 25.9 Å². The Kier molecular flexibility index (Phi) is 7.44. The van der Waals surface area contributed by atoms with E-state index in [0.717, 1.165) is 11.3 Å². The summed E-state index contributed by atoms with van der Waals surface area (Å²) in [5.41, 5.74) is 2.65. The van der Waals surface area contributed by atoms with Gasteiger partial charge in [-0.1, -0.05) is 29.8 Å². The number of aliphatic carboxylic acids is 1. The summed E-state index contributed by atoms with van der Waals surface area (Å²) in [6, 6.07) is 13.6. The first-order valence-electron chi connectivity index (χ1n) is 8.34. The van der Waals surface area contributed by atoms with Crippen molar-refractivity contribution in [2.45, 2.75) is 19.4 Å². The fourth-order valence-corrected chi connectivity index (χ4v) is 2.69. The Labute approximate surface area is 157 Å². The second kappa shape index (κ2) is 9.79. The molecule has 0 bridgehead atoms. The first-order valence-corrected chi connectivity index (χ1v) is 8.72. The van der Waals surface area contributed by atoms with E-state index in [1.807, 2.05) is 31.2 Å². The van der Waals surface area contributed by atoms with E-state index in [1.54, 1.807) is 29.6 Å². The van der Waals surface area contributed by atoms with E-state index < -0.39 is 17.9 Å². The predicted molar refractivity (Wildman–Crippen MR) is 100.0 cm³/mol. The van der Waals surface area contributed by atoms with Crippen LogP contribution in [0.4, 0.5) is 11.4 Å². The maximum Gasteiger partial charge on any atom is 0.230 e. The highest BCUT2D eigenvalue weighted by Crippen LogP contribution is 2.15. The molecule has 1 amide bonds. The molecule has 2 aromatic rings. The third-order valence-corrected chi connectivity index (χ3v) is 3.99. The van der Waals surface area contributed by atoms with E-state index in [4.69, 9.17) is 11.6 Å². The summed E-state index contributed by atoms with van der Waals surface area (Å²) in [4.78, 5) is 23.3. The molecule has 0 saturated carbocycles. The zero-order chi connectivity index (χ0) is 18.9. The average Bonchev–Trinajstić information content (AvgIpc) is 2.57. The predicted octanol–water partition coefficient (Wildman–Crippen LogP) is 0.771. The molecule has 4 N–H and O–H groups in total. The third-order valence-electron chi connectivity index (χ3n) is 3.76. The lowest BCUT2D eigenvalue weighted by Crippen LogP contribution is -2.94. The number of carboxylic acids is 1. The van der Waals surface area contributed by atoms with Gasteiger partial charge in [0.05, 0.1) is 25.5 Å². The zero-order valence-corrected chi connectivity index (χ0v) is 15.3. The van der Waals surface area contributed by atoms with Crippen molar-refractivity contribution in [2.24, 2.45) is 0 Å². The second-order valence-corrected chi connectivity index (χ2v) is 6.45. The standard InChI is InChI=1S/C19H22ClN3O3/c1-13-4-2-6-15(10-13)21-8-9-22-17(19(25)26)12-18(24)23-16-7-3-5-14(20)11-16/h2-7,10-11,17,21-22H,8-9,12H2,1H3,(H,23,24)(H,25,26)/t17-/m1/s1. The van der Waals surface area contributed by atoms with Crippen molar-refractivity contribution in [1.82, 2.24) is 0 Å². The van der Waals surface area contributed by atoms with Crippen LogP contribution in [0.3, 0.4) is 0 Å². The number of nitrogens with one attached hydrogen (secondary N) is 2. The molecule has 26 heavy (non-hydrogen) atoms. The summed E-state index contributed by atoms with van der Waals surface area (Å²) in [6.07, 6.45) is -0.181. The maximum absolute atomic E-state index is 12.0. The SMILES string of the molecule is Cc1cccc(NCC[NH2+][C@H](CC(=O)Nc2cccc(Cl)c2)C(=O)[O-])c1. The van der Waals surface area contributed by atoms with E-state index in [-0.39, 0.29) is 6.42 Å². The van der Waals surface area contributed by atoms with Crippen LogP contribution in [-0.4, -0.2) is 31.0 Å². The van der Waals surface area contributed by atoms with Crippen LogP contribution in [0.5, 0.6) is 0 Å². The van der Waals surface area contributed by atoms with Gasteiger partial charge in [-0.15, -0.1) is 0 Å². The monoisotopic (exact) mass is 375 g/mol. The van der Waals surface area contributed by atoms with Gasteiger partial charge in [0.1, 0.15) is 6.04 Å². The summed E-state index contributed by atoms with van der Waals surface area (Å²) in [5.74, 6) is -1.66. The minimum absolute atomic E-state index is 0.181. The maximum atomic E-state index is 12.0. The molecule has 138 valence electrons. The number of anilines is 2. The van der Waals surface area contributed by atoms with Gasteiger partial charge in [-0.25, -0.2) is 0 Å². The Hall–Kier alpha value is -2.57. The Bertz CT molecular complexity index is 767. The van der Waals surface area contributed by atoms with Crippen molar-refractivity contribution in [3.05, 3.63) is 59.1 Å². The minimum atomic E-state index is -1.26. The van der Waals surface area contributed by atoms with Crippen LogP contribution in [0.15, 0.2) is 48.5 Å². The number of halogens is 1. The van der Waals surface area contributed by atoms with E-state index >= 15 is 0 Å². The third kappa shape index (κ3) is 6.74. The van der Waals surface area contributed by atoms with Crippen molar-refractivity contribution in [1.29, 1.82) is 0 Å². The first kappa shape index (κ1) is 19.8. The highest BCUT2D eigenvalue weighted by molar-refractivity contribution is 6.30. The molecule has 0 saturated heterocycles. The zero-order valence-electron chi connectivity index (χ0n) is 14.5. The number of carbonyl (C=O) groups is 2. The Morgan fingerprint density at radius 3 is 2.58 bits per heavy atom. The first-order chi connectivity index (χ1) is 12.4. The molecule has 0 radical (unpaired) electrons. The van der Waals surface area contributed by atoms with Gasteiger partial charge in [-0.2, -0.15) is 0 Å². The van der Waals surface area contributed by atoms with Crippen LogP contribution < -0.4 is 21.1 Å². The number of carbonyl (C=O) groups excluding carboxylic acids is 2. The lowest BCUT2D eigenvalue weighted by Gasteiger charge is -2.17. The number of nitrogens with two attached hydrogens (primary N) is 1. The Morgan fingerprint density at radius 1 is 1.15 bits per heavy atom. The van der Waals surface area contributed by atoms with E-state index in [0.29, 0.717) is 23.8 Å². The van der Waals surface area contributed by atoms with Crippen molar-refractivity contribution in [3.8, 4) is 0 Å². The fourth-order valence-electron chi connectivity index (χ4n) is 2.50. The summed E-state index contributed by atoms with van der Waals surface area (Å²) >= 11 is 5.86. The molecule has 0 fully saturated rings.